The second-order valence-corrected chi connectivity index (χ2v) is 5.85. The summed E-state index contributed by atoms with van der Waals surface area (Å²) in [6, 6.07) is 5.76. The molecule has 0 aliphatic carbocycles. The van der Waals surface area contributed by atoms with Gasteiger partial charge in [0.25, 0.3) is 0 Å². The van der Waals surface area contributed by atoms with Gasteiger partial charge < -0.3 is 0 Å². The molecular weight excluding hydrogens is 307 g/mol. The van der Waals surface area contributed by atoms with Crippen LogP contribution in [-0.4, -0.2) is 9.78 Å². The van der Waals surface area contributed by atoms with Gasteiger partial charge in [-0.2, -0.15) is 5.10 Å². The molecule has 0 bridgehead atoms. The molecule has 1 aromatic carbocycles. The maximum Gasteiger partial charge on any atom is 0.0850 e. The zero-order valence-corrected chi connectivity index (χ0v) is 14.0. The maximum absolute atomic E-state index is 6.41. The Kier molecular flexibility index (Phi) is 5.27. The van der Waals surface area contributed by atoms with Crippen molar-refractivity contribution in [1.82, 2.24) is 15.2 Å². The molecule has 2 aromatic rings. The smallest absolute Gasteiger partial charge is 0.0850 e. The van der Waals surface area contributed by atoms with Crippen molar-refractivity contribution in [3.05, 3.63) is 50.8 Å². The molecule has 0 aliphatic heterocycles. The van der Waals surface area contributed by atoms with E-state index in [-0.39, 0.29) is 6.04 Å². The fourth-order valence-electron chi connectivity index (χ4n) is 2.50. The van der Waals surface area contributed by atoms with E-state index < -0.39 is 0 Å². The highest BCUT2D eigenvalue weighted by Crippen LogP contribution is 2.29. The van der Waals surface area contributed by atoms with E-state index in [2.05, 4.69) is 10.5 Å². The summed E-state index contributed by atoms with van der Waals surface area (Å²) in [6.07, 6.45) is 1.46. The van der Waals surface area contributed by atoms with E-state index in [9.17, 15) is 0 Å². The summed E-state index contributed by atoms with van der Waals surface area (Å²) in [6.45, 7) is 4.03. The summed E-state index contributed by atoms with van der Waals surface area (Å²) < 4.78 is 1.82. The first kappa shape index (κ1) is 16.3. The van der Waals surface area contributed by atoms with Crippen molar-refractivity contribution in [1.29, 1.82) is 0 Å². The standard InChI is InChI=1S/C15H20Cl2N4/c1-4-12-15(17)14(21(3)20-12)8-13(19-18)10-6-5-7-11(16)9(10)2/h5-7,13,19H,4,8,18H2,1-3H3. The maximum atomic E-state index is 6.41. The molecule has 4 nitrogen and oxygen atoms in total. The van der Waals surface area contributed by atoms with Crippen LogP contribution in [0.25, 0.3) is 0 Å². The Morgan fingerprint density at radius 2 is 2.10 bits per heavy atom. The minimum atomic E-state index is -0.0682. The number of aromatic nitrogens is 2. The Labute approximate surface area is 135 Å². The van der Waals surface area contributed by atoms with Crippen molar-refractivity contribution >= 4 is 23.2 Å². The highest BCUT2D eigenvalue weighted by molar-refractivity contribution is 6.32. The number of nitrogens with zero attached hydrogens (tertiary/aromatic N) is 2. The summed E-state index contributed by atoms with van der Waals surface area (Å²) >= 11 is 12.6. The van der Waals surface area contributed by atoms with Gasteiger partial charge >= 0.3 is 0 Å². The highest BCUT2D eigenvalue weighted by atomic mass is 35.5. The third-order valence-corrected chi connectivity index (χ3v) is 4.63. The van der Waals surface area contributed by atoms with Gasteiger partial charge in [-0.15, -0.1) is 0 Å². The van der Waals surface area contributed by atoms with Crippen molar-refractivity contribution in [2.24, 2.45) is 12.9 Å². The predicted octanol–water partition coefficient (Wildman–Crippen LogP) is 3.34. The molecule has 0 fully saturated rings. The number of nitrogens with one attached hydrogen (secondary N) is 1. The molecular formula is C15H20Cl2N4. The van der Waals surface area contributed by atoms with Crippen molar-refractivity contribution in [2.75, 3.05) is 0 Å². The Morgan fingerprint density at radius 1 is 1.38 bits per heavy atom. The van der Waals surface area contributed by atoms with Gasteiger partial charge in [-0.3, -0.25) is 16.0 Å². The molecule has 3 N–H and O–H groups in total. The van der Waals surface area contributed by atoms with Crippen molar-refractivity contribution in [2.45, 2.75) is 32.7 Å². The molecule has 6 heteroatoms. The predicted molar refractivity (Wildman–Crippen MR) is 87.6 cm³/mol. The van der Waals surface area contributed by atoms with Crippen LogP contribution in [0.4, 0.5) is 0 Å². The zero-order valence-electron chi connectivity index (χ0n) is 12.5. The van der Waals surface area contributed by atoms with Gasteiger partial charge in [0.15, 0.2) is 0 Å². The van der Waals surface area contributed by atoms with Gasteiger partial charge in [0.1, 0.15) is 0 Å². The molecule has 2 rings (SSSR count). The number of benzene rings is 1. The van der Waals surface area contributed by atoms with Gasteiger partial charge in [0, 0.05) is 18.5 Å². The Morgan fingerprint density at radius 3 is 2.67 bits per heavy atom. The zero-order chi connectivity index (χ0) is 15.6. The molecule has 1 heterocycles. The van der Waals surface area contributed by atoms with Crippen LogP contribution < -0.4 is 11.3 Å². The average molecular weight is 327 g/mol. The van der Waals surface area contributed by atoms with Gasteiger partial charge in [0.2, 0.25) is 0 Å². The van der Waals surface area contributed by atoms with E-state index in [0.717, 1.165) is 39.0 Å². The number of hydrazine groups is 1. The van der Waals surface area contributed by atoms with Crippen LogP contribution in [0, 0.1) is 6.92 Å². The minimum absolute atomic E-state index is 0.0682. The molecule has 0 saturated carbocycles. The van der Waals surface area contributed by atoms with Crippen LogP contribution in [0.3, 0.4) is 0 Å². The second kappa shape index (κ2) is 6.79. The summed E-state index contributed by atoms with van der Waals surface area (Å²) in [7, 11) is 1.90. The van der Waals surface area contributed by atoms with Crippen molar-refractivity contribution < 1.29 is 0 Å². The summed E-state index contributed by atoms with van der Waals surface area (Å²) in [5.74, 6) is 5.75. The molecule has 21 heavy (non-hydrogen) atoms. The molecule has 0 amide bonds. The first-order valence-corrected chi connectivity index (χ1v) is 7.66. The molecule has 0 aliphatic rings. The molecule has 0 saturated heterocycles. The highest BCUT2D eigenvalue weighted by Gasteiger charge is 2.20. The van der Waals surface area contributed by atoms with E-state index >= 15 is 0 Å². The molecule has 1 atom stereocenters. The van der Waals surface area contributed by atoms with Crippen molar-refractivity contribution in [3.63, 3.8) is 0 Å². The molecule has 114 valence electrons. The van der Waals surface area contributed by atoms with Crippen molar-refractivity contribution in [3.8, 4) is 0 Å². The monoisotopic (exact) mass is 326 g/mol. The van der Waals surface area contributed by atoms with E-state index in [1.807, 2.05) is 43.8 Å². The number of aryl methyl sites for hydroxylation is 2. The molecule has 1 aromatic heterocycles. The lowest BCUT2D eigenvalue weighted by atomic mass is 9.97. The van der Waals surface area contributed by atoms with E-state index in [1.165, 1.54) is 0 Å². The van der Waals surface area contributed by atoms with E-state index in [4.69, 9.17) is 29.0 Å². The first-order chi connectivity index (χ1) is 9.99. The summed E-state index contributed by atoms with van der Waals surface area (Å²) in [5, 5.41) is 5.90. The number of halogens is 2. The number of nitrogens with two attached hydrogens (primary N) is 1. The lowest BCUT2D eigenvalue weighted by Gasteiger charge is -2.19. The topological polar surface area (TPSA) is 55.9 Å². The van der Waals surface area contributed by atoms with Crippen LogP contribution in [0.15, 0.2) is 18.2 Å². The van der Waals surface area contributed by atoms with Crippen LogP contribution in [-0.2, 0) is 19.9 Å². The number of hydrogen-bond acceptors (Lipinski definition) is 3. The van der Waals surface area contributed by atoms with Gasteiger partial charge in [0.05, 0.1) is 22.5 Å². The third kappa shape index (κ3) is 3.24. The molecule has 0 radical (unpaired) electrons. The fraction of sp³-hybridized carbons (Fsp3) is 0.400. The number of rotatable bonds is 5. The quantitative estimate of drug-likeness (QED) is 0.654. The normalized spacial score (nSPS) is 12.7. The summed E-state index contributed by atoms with van der Waals surface area (Å²) in [4.78, 5) is 0. The SMILES string of the molecule is CCc1nn(C)c(CC(NN)c2cccc(Cl)c2C)c1Cl. The second-order valence-electron chi connectivity index (χ2n) is 5.06. The van der Waals surface area contributed by atoms with Gasteiger partial charge in [-0.05, 0) is 30.5 Å². The van der Waals surface area contributed by atoms with E-state index in [1.54, 1.807) is 0 Å². The lowest BCUT2D eigenvalue weighted by Crippen LogP contribution is -2.30. The van der Waals surface area contributed by atoms with Crippen LogP contribution >= 0.6 is 23.2 Å². The average Bonchev–Trinajstić information content (AvgIpc) is 2.74. The Balaban J connectivity index is 2.36. The summed E-state index contributed by atoms with van der Waals surface area (Å²) in [5.41, 5.74) is 6.83. The first-order valence-electron chi connectivity index (χ1n) is 6.90. The number of hydrogen-bond donors (Lipinski definition) is 2. The Hall–Kier alpha value is -1.07. The Bertz CT molecular complexity index is 637. The van der Waals surface area contributed by atoms with Gasteiger partial charge in [-0.1, -0.05) is 42.3 Å². The molecule has 1 unspecified atom stereocenters. The van der Waals surface area contributed by atoms with Crippen LogP contribution in [0.2, 0.25) is 10.0 Å². The van der Waals surface area contributed by atoms with E-state index in [0.29, 0.717) is 6.42 Å². The lowest BCUT2D eigenvalue weighted by molar-refractivity contribution is 0.528. The minimum Gasteiger partial charge on any atom is -0.271 e. The molecule has 0 spiro atoms. The van der Waals surface area contributed by atoms with Gasteiger partial charge in [-0.25, -0.2) is 0 Å². The van der Waals surface area contributed by atoms with Crippen LogP contribution in [0.1, 0.15) is 35.5 Å². The fourth-order valence-corrected chi connectivity index (χ4v) is 3.05. The third-order valence-electron chi connectivity index (χ3n) is 3.79. The largest absolute Gasteiger partial charge is 0.271 e. The van der Waals surface area contributed by atoms with Crippen LogP contribution in [0.5, 0.6) is 0 Å².